The van der Waals surface area contributed by atoms with Gasteiger partial charge >= 0.3 is 0 Å². The van der Waals surface area contributed by atoms with Crippen LogP contribution in [-0.2, 0) is 11.3 Å². The molecular formula is C18H19N3O2S2. The number of carbonyl (C=O) groups is 1. The van der Waals surface area contributed by atoms with Gasteiger partial charge in [-0.2, -0.15) is 11.8 Å². The van der Waals surface area contributed by atoms with Gasteiger partial charge in [-0.1, -0.05) is 12.1 Å². The fourth-order valence-corrected chi connectivity index (χ4v) is 4.67. The Balaban J connectivity index is 1.35. The number of benzene rings is 1. The van der Waals surface area contributed by atoms with E-state index in [2.05, 4.69) is 21.7 Å². The lowest BCUT2D eigenvalue weighted by Crippen LogP contribution is -2.41. The molecule has 1 aliphatic rings. The lowest BCUT2D eigenvalue weighted by atomic mass is 10.2. The number of hydrogen-bond donors (Lipinski definition) is 2. The summed E-state index contributed by atoms with van der Waals surface area (Å²) in [7, 11) is 0. The number of aromatic nitrogens is 1. The molecule has 1 amide bonds. The van der Waals surface area contributed by atoms with Crippen LogP contribution in [-0.4, -0.2) is 35.0 Å². The number of hydrogen-bond acceptors (Lipinski definition) is 6. The van der Waals surface area contributed by atoms with Crippen LogP contribution in [0.25, 0.3) is 21.0 Å². The first-order valence-corrected chi connectivity index (χ1v) is 10.3. The van der Waals surface area contributed by atoms with Crippen LogP contribution in [0, 0.1) is 0 Å². The normalized spacial score (nSPS) is 17.7. The Morgan fingerprint density at radius 3 is 3.08 bits per heavy atom. The summed E-state index contributed by atoms with van der Waals surface area (Å²) in [5, 5.41) is 7.18. The summed E-state index contributed by atoms with van der Waals surface area (Å²) in [6.45, 7) is 1.38. The van der Waals surface area contributed by atoms with Gasteiger partial charge in [-0.3, -0.25) is 4.79 Å². The zero-order chi connectivity index (χ0) is 17.1. The molecule has 1 unspecified atom stereocenters. The molecule has 1 aliphatic heterocycles. The molecule has 2 N–H and O–H groups in total. The van der Waals surface area contributed by atoms with E-state index in [-0.39, 0.29) is 11.9 Å². The van der Waals surface area contributed by atoms with Crippen molar-refractivity contribution in [2.75, 3.05) is 18.1 Å². The smallest absolute Gasteiger partial charge is 0.221 e. The highest BCUT2D eigenvalue weighted by molar-refractivity contribution is 7.99. The summed E-state index contributed by atoms with van der Waals surface area (Å²) in [5.74, 6) is 3.66. The minimum absolute atomic E-state index is 0.0536. The van der Waals surface area contributed by atoms with Crippen LogP contribution < -0.4 is 10.6 Å². The van der Waals surface area contributed by atoms with E-state index in [0.29, 0.717) is 13.0 Å². The van der Waals surface area contributed by atoms with E-state index in [4.69, 9.17) is 4.42 Å². The van der Waals surface area contributed by atoms with Crippen molar-refractivity contribution < 1.29 is 9.21 Å². The summed E-state index contributed by atoms with van der Waals surface area (Å²) >= 11 is 3.50. The minimum atomic E-state index is 0.0536. The van der Waals surface area contributed by atoms with Crippen LogP contribution >= 0.6 is 23.1 Å². The molecule has 2 aromatic heterocycles. The number of thioether (sulfide) groups is 1. The summed E-state index contributed by atoms with van der Waals surface area (Å²) in [4.78, 5) is 16.7. The number of thiazole rings is 1. The van der Waals surface area contributed by atoms with Gasteiger partial charge in [-0.05, 0) is 24.3 Å². The Bertz CT molecular complexity index is 835. The molecule has 0 saturated carbocycles. The fourth-order valence-electron chi connectivity index (χ4n) is 2.80. The van der Waals surface area contributed by atoms with Crippen molar-refractivity contribution in [3.05, 3.63) is 42.2 Å². The van der Waals surface area contributed by atoms with Crippen molar-refractivity contribution in [3.8, 4) is 10.8 Å². The van der Waals surface area contributed by atoms with Gasteiger partial charge in [0.15, 0.2) is 10.8 Å². The third-order valence-electron chi connectivity index (χ3n) is 4.06. The Kier molecular flexibility index (Phi) is 5.05. The van der Waals surface area contributed by atoms with E-state index in [0.717, 1.165) is 44.8 Å². The third kappa shape index (κ3) is 4.05. The standard InChI is InChI=1S/C18H19N3O2S2/c22-17(9-12-11-24-8-7-19-12)20-10-13-5-6-15(23-13)18-21-14-3-1-2-4-16(14)25-18/h1-6,12,19H,7-11H2,(H,20,22). The Labute approximate surface area is 154 Å². The molecule has 1 saturated heterocycles. The number of rotatable bonds is 5. The largest absolute Gasteiger partial charge is 0.457 e. The van der Waals surface area contributed by atoms with Crippen molar-refractivity contribution >= 4 is 39.2 Å². The molecule has 1 aromatic carbocycles. The van der Waals surface area contributed by atoms with Gasteiger partial charge in [0.2, 0.25) is 5.91 Å². The molecule has 130 valence electrons. The van der Waals surface area contributed by atoms with Gasteiger partial charge in [0.25, 0.3) is 0 Å². The van der Waals surface area contributed by atoms with Crippen molar-refractivity contribution in [2.24, 2.45) is 0 Å². The molecule has 7 heteroatoms. The van der Waals surface area contributed by atoms with E-state index in [1.54, 1.807) is 11.3 Å². The number of furan rings is 1. The third-order valence-corrected chi connectivity index (χ3v) is 6.24. The molecule has 3 aromatic rings. The molecule has 1 fully saturated rings. The van der Waals surface area contributed by atoms with E-state index in [9.17, 15) is 4.79 Å². The quantitative estimate of drug-likeness (QED) is 0.718. The van der Waals surface area contributed by atoms with Crippen molar-refractivity contribution in [2.45, 2.75) is 19.0 Å². The van der Waals surface area contributed by atoms with Crippen LogP contribution in [0.1, 0.15) is 12.2 Å². The molecule has 0 radical (unpaired) electrons. The Hall–Kier alpha value is -1.83. The van der Waals surface area contributed by atoms with Crippen molar-refractivity contribution in [1.29, 1.82) is 0 Å². The molecule has 0 aliphatic carbocycles. The second-order valence-electron chi connectivity index (χ2n) is 5.96. The zero-order valence-corrected chi connectivity index (χ0v) is 15.3. The van der Waals surface area contributed by atoms with E-state index in [1.807, 2.05) is 42.1 Å². The maximum atomic E-state index is 12.1. The van der Waals surface area contributed by atoms with E-state index < -0.39 is 0 Å². The van der Waals surface area contributed by atoms with Crippen molar-refractivity contribution in [1.82, 2.24) is 15.6 Å². The molecule has 4 rings (SSSR count). The molecule has 0 bridgehead atoms. The average Bonchev–Trinajstić information content (AvgIpc) is 3.27. The van der Waals surface area contributed by atoms with Crippen LogP contribution in [0.3, 0.4) is 0 Å². The molecule has 1 atom stereocenters. The predicted molar refractivity (Wildman–Crippen MR) is 103 cm³/mol. The van der Waals surface area contributed by atoms with Gasteiger partial charge in [0, 0.05) is 30.5 Å². The van der Waals surface area contributed by atoms with Crippen molar-refractivity contribution in [3.63, 3.8) is 0 Å². The zero-order valence-electron chi connectivity index (χ0n) is 13.7. The first-order valence-electron chi connectivity index (χ1n) is 8.30. The molecule has 0 spiro atoms. The maximum absolute atomic E-state index is 12.1. The molecule has 3 heterocycles. The number of nitrogens with one attached hydrogen (secondary N) is 2. The highest BCUT2D eigenvalue weighted by Gasteiger charge is 2.17. The van der Waals surface area contributed by atoms with Crippen LogP contribution in [0.5, 0.6) is 0 Å². The highest BCUT2D eigenvalue weighted by Crippen LogP contribution is 2.31. The lowest BCUT2D eigenvalue weighted by molar-refractivity contribution is -0.121. The number of para-hydroxylation sites is 1. The Morgan fingerprint density at radius 1 is 1.32 bits per heavy atom. The maximum Gasteiger partial charge on any atom is 0.221 e. The topological polar surface area (TPSA) is 67.2 Å². The van der Waals surface area contributed by atoms with E-state index in [1.165, 1.54) is 0 Å². The van der Waals surface area contributed by atoms with Gasteiger partial charge in [-0.25, -0.2) is 4.98 Å². The molecule has 5 nitrogen and oxygen atoms in total. The SMILES string of the molecule is O=C(CC1CSCCN1)NCc1ccc(-c2nc3ccccc3s2)o1. The van der Waals surface area contributed by atoms with Gasteiger partial charge in [-0.15, -0.1) is 11.3 Å². The van der Waals surface area contributed by atoms with Crippen LogP contribution in [0.2, 0.25) is 0 Å². The molecular weight excluding hydrogens is 354 g/mol. The number of nitrogens with zero attached hydrogens (tertiary/aromatic N) is 1. The second-order valence-corrected chi connectivity index (χ2v) is 8.14. The first-order chi connectivity index (χ1) is 12.3. The van der Waals surface area contributed by atoms with Gasteiger partial charge < -0.3 is 15.1 Å². The van der Waals surface area contributed by atoms with Gasteiger partial charge in [0.05, 0.1) is 16.8 Å². The van der Waals surface area contributed by atoms with E-state index >= 15 is 0 Å². The average molecular weight is 374 g/mol. The highest BCUT2D eigenvalue weighted by atomic mass is 32.2. The minimum Gasteiger partial charge on any atom is -0.457 e. The van der Waals surface area contributed by atoms with Crippen LogP contribution in [0.15, 0.2) is 40.8 Å². The monoisotopic (exact) mass is 373 g/mol. The summed E-state index contributed by atoms with van der Waals surface area (Å²) in [6.07, 6.45) is 0.512. The lowest BCUT2D eigenvalue weighted by Gasteiger charge is -2.22. The summed E-state index contributed by atoms with van der Waals surface area (Å²) in [6, 6.07) is 12.1. The van der Waals surface area contributed by atoms with Gasteiger partial charge in [0.1, 0.15) is 5.76 Å². The summed E-state index contributed by atoms with van der Waals surface area (Å²) < 4.78 is 6.99. The second kappa shape index (κ2) is 7.59. The fraction of sp³-hybridized carbons (Fsp3) is 0.333. The predicted octanol–water partition coefficient (Wildman–Crippen LogP) is 3.27. The Morgan fingerprint density at radius 2 is 2.24 bits per heavy atom. The van der Waals surface area contributed by atoms with Crippen LogP contribution in [0.4, 0.5) is 0 Å². The number of fused-ring (bicyclic) bond motifs is 1. The number of amides is 1. The summed E-state index contributed by atoms with van der Waals surface area (Å²) in [5.41, 5.74) is 0.978. The molecule has 25 heavy (non-hydrogen) atoms. The number of carbonyl (C=O) groups excluding carboxylic acids is 1. The first kappa shape index (κ1) is 16.6.